The van der Waals surface area contributed by atoms with Crippen molar-refractivity contribution in [3.05, 3.63) is 64.2 Å². The second kappa shape index (κ2) is 7.27. The summed E-state index contributed by atoms with van der Waals surface area (Å²) in [6.07, 6.45) is 0.407. The molecule has 1 N–H and O–H groups in total. The summed E-state index contributed by atoms with van der Waals surface area (Å²) < 4.78 is 5.79. The number of hydrogen-bond acceptors (Lipinski definition) is 2. The van der Waals surface area contributed by atoms with E-state index in [1.54, 1.807) is 6.07 Å². The van der Waals surface area contributed by atoms with Gasteiger partial charge in [-0.2, -0.15) is 0 Å². The molecule has 2 rings (SSSR count). The smallest absolute Gasteiger partial charge is 0.311 e. The Morgan fingerprint density at radius 3 is 2.29 bits per heavy atom. The number of carboxylic acid groups (broad SMARTS) is 1. The number of benzene rings is 2. The molecule has 4 heteroatoms. The fourth-order valence-corrected chi connectivity index (χ4v) is 2.65. The molecule has 0 aromatic heterocycles. The van der Waals surface area contributed by atoms with Crippen LogP contribution in [-0.4, -0.2) is 16.7 Å². The number of halogens is 1. The first-order valence-corrected chi connectivity index (χ1v) is 8.30. The Morgan fingerprint density at radius 1 is 1.17 bits per heavy atom. The zero-order chi connectivity index (χ0) is 17.9. The summed E-state index contributed by atoms with van der Waals surface area (Å²) in [6.45, 7) is 7.86. The van der Waals surface area contributed by atoms with Crippen LogP contribution in [0.1, 0.15) is 43.4 Å². The van der Waals surface area contributed by atoms with Gasteiger partial charge in [0.05, 0.1) is 5.92 Å². The fourth-order valence-electron chi connectivity index (χ4n) is 2.46. The van der Waals surface area contributed by atoms with Crippen LogP contribution in [0.5, 0.6) is 5.75 Å². The highest BCUT2D eigenvalue weighted by Gasteiger charge is 2.21. The Hall–Kier alpha value is -2.00. The summed E-state index contributed by atoms with van der Waals surface area (Å²) in [5, 5.41) is 10.2. The number of ether oxygens (including phenoxy) is 1. The molecule has 2 aromatic carbocycles. The highest BCUT2D eigenvalue weighted by molar-refractivity contribution is 6.31. The largest absolute Gasteiger partial charge is 0.488 e. The summed E-state index contributed by atoms with van der Waals surface area (Å²) in [4.78, 5) is 11.7. The molecule has 0 radical (unpaired) electrons. The van der Waals surface area contributed by atoms with Gasteiger partial charge in [-0.1, -0.05) is 35.9 Å². The lowest BCUT2D eigenvalue weighted by molar-refractivity contribution is -0.138. The van der Waals surface area contributed by atoms with E-state index in [9.17, 15) is 9.90 Å². The molecular formula is C20H23ClO3. The predicted octanol–water partition coefficient (Wildman–Crippen LogP) is 5.24. The van der Waals surface area contributed by atoms with Crippen LogP contribution in [0.25, 0.3) is 0 Å². The lowest BCUT2D eigenvalue weighted by Crippen LogP contribution is -2.22. The van der Waals surface area contributed by atoms with E-state index in [4.69, 9.17) is 16.3 Å². The van der Waals surface area contributed by atoms with E-state index in [1.165, 1.54) is 0 Å². The Morgan fingerprint density at radius 2 is 1.79 bits per heavy atom. The van der Waals surface area contributed by atoms with Gasteiger partial charge < -0.3 is 9.84 Å². The van der Waals surface area contributed by atoms with Crippen LogP contribution in [0.15, 0.2) is 42.5 Å². The van der Waals surface area contributed by atoms with Crippen molar-refractivity contribution in [3.63, 3.8) is 0 Å². The summed E-state index contributed by atoms with van der Waals surface area (Å²) in [6, 6.07) is 13.0. The topological polar surface area (TPSA) is 46.5 Å². The minimum atomic E-state index is -0.857. The van der Waals surface area contributed by atoms with Crippen molar-refractivity contribution in [2.75, 3.05) is 0 Å². The molecule has 3 nitrogen and oxygen atoms in total. The molecule has 0 fully saturated rings. The van der Waals surface area contributed by atoms with Gasteiger partial charge in [0.15, 0.2) is 0 Å². The van der Waals surface area contributed by atoms with Crippen LogP contribution < -0.4 is 4.74 Å². The Bertz CT molecular complexity index is 715. The SMILES string of the molecule is Cc1ccc(C(Cc2ccc(OC(C)(C)C)cc2)C(=O)O)cc1Cl. The number of rotatable bonds is 5. The Kier molecular flexibility index (Phi) is 5.55. The van der Waals surface area contributed by atoms with Crippen LogP contribution in [-0.2, 0) is 11.2 Å². The molecule has 0 saturated heterocycles. The minimum Gasteiger partial charge on any atom is -0.488 e. The maximum Gasteiger partial charge on any atom is 0.311 e. The highest BCUT2D eigenvalue weighted by atomic mass is 35.5. The van der Waals surface area contributed by atoms with Gasteiger partial charge in [0.25, 0.3) is 0 Å². The van der Waals surface area contributed by atoms with Gasteiger partial charge >= 0.3 is 5.97 Å². The second-order valence-electron chi connectivity index (χ2n) is 6.96. The zero-order valence-corrected chi connectivity index (χ0v) is 15.2. The van der Waals surface area contributed by atoms with Gasteiger partial charge in [0.2, 0.25) is 0 Å². The molecule has 0 aliphatic heterocycles. The first-order chi connectivity index (χ1) is 11.2. The summed E-state index contributed by atoms with van der Waals surface area (Å²) in [5.41, 5.74) is 2.34. The molecule has 24 heavy (non-hydrogen) atoms. The molecule has 0 aliphatic rings. The van der Waals surface area contributed by atoms with Gasteiger partial charge in [0.1, 0.15) is 11.4 Å². The third-order valence-electron chi connectivity index (χ3n) is 3.68. The average molecular weight is 347 g/mol. The van der Waals surface area contributed by atoms with E-state index in [-0.39, 0.29) is 5.60 Å². The predicted molar refractivity (Wildman–Crippen MR) is 97.1 cm³/mol. The van der Waals surface area contributed by atoms with Crippen molar-refractivity contribution in [2.45, 2.75) is 45.6 Å². The average Bonchev–Trinajstić information content (AvgIpc) is 2.47. The molecule has 128 valence electrons. The summed E-state index contributed by atoms with van der Waals surface area (Å²) >= 11 is 6.14. The van der Waals surface area contributed by atoms with Gasteiger partial charge in [-0.15, -0.1) is 0 Å². The van der Waals surface area contributed by atoms with E-state index >= 15 is 0 Å². The first kappa shape index (κ1) is 18.3. The van der Waals surface area contributed by atoms with Crippen LogP contribution in [0.4, 0.5) is 0 Å². The van der Waals surface area contributed by atoms with Gasteiger partial charge in [-0.3, -0.25) is 4.79 Å². The van der Waals surface area contributed by atoms with Crippen molar-refractivity contribution in [1.29, 1.82) is 0 Å². The quantitative estimate of drug-likeness (QED) is 0.805. The summed E-state index contributed by atoms with van der Waals surface area (Å²) in [7, 11) is 0. The molecule has 0 amide bonds. The molecular weight excluding hydrogens is 324 g/mol. The minimum absolute atomic E-state index is 0.260. The van der Waals surface area contributed by atoms with E-state index in [1.807, 2.05) is 64.1 Å². The highest BCUT2D eigenvalue weighted by Crippen LogP contribution is 2.27. The monoisotopic (exact) mass is 346 g/mol. The van der Waals surface area contributed by atoms with Crippen molar-refractivity contribution in [1.82, 2.24) is 0 Å². The van der Waals surface area contributed by atoms with Crippen molar-refractivity contribution in [2.24, 2.45) is 0 Å². The lowest BCUT2D eigenvalue weighted by Gasteiger charge is -2.21. The van der Waals surface area contributed by atoms with E-state index in [0.29, 0.717) is 17.0 Å². The third kappa shape index (κ3) is 5.00. The standard InChI is InChI=1S/C20H23ClO3/c1-13-5-8-15(12-18(13)21)17(19(22)23)11-14-6-9-16(10-7-14)24-20(2,3)4/h5-10,12,17H,11H2,1-4H3,(H,22,23). The van der Waals surface area contributed by atoms with Crippen LogP contribution >= 0.6 is 11.6 Å². The molecule has 1 unspecified atom stereocenters. The zero-order valence-electron chi connectivity index (χ0n) is 14.5. The van der Waals surface area contributed by atoms with E-state index in [2.05, 4.69) is 0 Å². The third-order valence-corrected chi connectivity index (χ3v) is 4.09. The van der Waals surface area contributed by atoms with Crippen molar-refractivity contribution < 1.29 is 14.6 Å². The van der Waals surface area contributed by atoms with Gasteiger partial charge in [-0.05, 0) is 69.0 Å². The molecule has 0 heterocycles. The first-order valence-electron chi connectivity index (χ1n) is 7.92. The van der Waals surface area contributed by atoms with Crippen LogP contribution in [0, 0.1) is 6.92 Å². The normalized spacial score (nSPS) is 12.7. The molecule has 0 saturated carbocycles. The molecule has 2 aromatic rings. The maximum absolute atomic E-state index is 11.7. The number of hydrogen-bond donors (Lipinski definition) is 1. The van der Waals surface area contributed by atoms with Crippen molar-refractivity contribution in [3.8, 4) is 5.75 Å². The maximum atomic E-state index is 11.7. The summed E-state index contributed by atoms with van der Waals surface area (Å²) in [5.74, 6) is -0.709. The van der Waals surface area contributed by atoms with Crippen molar-refractivity contribution >= 4 is 17.6 Å². The Labute approximate surface area is 148 Å². The number of aryl methyl sites for hydroxylation is 1. The number of carboxylic acids is 1. The van der Waals surface area contributed by atoms with Crippen LogP contribution in [0.3, 0.4) is 0 Å². The molecule has 0 bridgehead atoms. The number of carbonyl (C=O) groups is 1. The van der Waals surface area contributed by atoms with E-state index in [0.717, 1.165) is 16.9 Å². The van der Waals surface area contributed by atoms with E-state index < -0.39 is 11.9 Å². The second-order valence-corrected chi connectivity index (χ2v) is 7.37. The van der Waals surface area contributed by atoms with Crippen LogP contribution in [0.2, 0.25) is 5.02 Å². The fraction of sp³-hybridized carbons (Fsp3) is 0.350. The Balaban J connectivity index is 2.19. The number of aliphatic carboxylic acids is 1. The van der Waals surface area contributed by atoms with Gasteiger partial charge in [-0.25, -0.2) is 0 Å². The molecule has 0 spiro atoms. The van der Waals surface area contributed by atoms with Gasteiger partial charge in [0, 0.05) is 5.02 Å². The lowest BCUT2D eigenvalue weighted by atomic mass is 9.91. The molecule has 1 atom stereocenters. The molecule has 0 aliphatic carbocycles.